The molecule has 0 aromatic carbocycles. The van der Waals surface area contributed by atoms with E-state index < -0.39 is 0 Å². The fourth-order valence-electron chi connectivity index (χ4n) is 1.52. The highest BCUT2D eigenvalue weighted by Crippen LogP contribution is 1.92. The number of nitrogens with two attached hydrogens (primary N) is 1. The predicted molar refractivity (Wildman–Crippen MR) is 87.2 cm³/mol. The Balaban J connectivity index is 0. The van der Waals surface area contributed by atoms with Crippen molar-refractivity contribution in [2.24, 2.45) is 10.7 Å². The van der Waals surface area contributed by atoms with E-state index in [9.17, 15) is 0 Å². The summed E-state index contributed by atoms with van der Waals surface area (Å²) in [7, 11) is 2.14. The Morgan fingerprint density at radius 2 is 1.71 bits per heavy atom. The van der Waals surface area contributed by atoms with Crippen LogP contribution in [-0.2, 0) is 0 Å². The molecule has 0 fully saturated rings. The van der Waals surface area contributed by atoms with E-state index in [1.807, 2.05) is 0 Å². The summed E-state index contributed by atoms with van der Waals surface area (Å²) < 4.78 is 0. The van der Waals surface area contributed by atoms with Crippen LogP contribution >= 0.6 is 24.0 Å². The first-order valence-electron chi connectivity index (χ1n) is 6.39. The molecule has 17 heavy (non-hydrogen) atoms. The minimum absolute atomic E-state index is 0. The van der Waals surface area contributed by atoms with Crippen LogP contribution < -0.4 is 5.73 Å². The van der Waals surface area contributed by atoms with Crippen LogP contribution in [0.15, 0.2) is 4.99 Å². The van der Waals surface area contributed by atoms with Crippen LogP contribution in [-0.4, -0.2) is 55.5 Å². The molecule has 0 rings (SSSR count). The molecular weight excluding hydrogens is 327 g/mol. The van der Waals surface area contributed by atoms with E-state index in [1.165, 1.54) is 12.8 Å². The molecule has 0 aromatic heterocycles. The van der Waals surface area contributed by atoms with Crippen LogP contribution in [0.25, 0.3) is 0 Å². The topological polar surface area (TPSA) is 44.9 Å². The Hall–Kier alpha value is -0.0400. The number of rotatable bonds is 8. The molecule has 0 heterocycles. The Morgan fingerprint density at radius 3 is 2.18 bits per heavy atom. The second kappa shape index (κ2) is 12.4. The maximum atomic E-state index is 5.88. The highest BCUT2D eigenvalue weighted by atomic mass is 127. The van der Waals surface area contributed by atoms with Gasteiger partial charge in [-0.15, -0.1) is 24.0 Å². The first kappa shape index (κ1) is 19.3. The molecule has 0 aliphatic rings. The summed E-state index contributed by atoms with van der Waals surface area (Å²) >= 11 is 0. The average molecular weight is 356 g/mol. The minimum Gasteiger partial charge on any atom is -0.370 e. The third-order valence-corrected chi connectivity index (χ3v) is 2.74. The van der Waals surface area contributed by atoms with Gasteiger partial charge in [0.05, 0.1) is 6.54 Å². The first-order chi connectivity index (χ1) is 7.65. The molecule has 0 aliphatic heterocycles. The van der Waals surface area contributed by atoms with Crippen LogP contribution in [0.2, 0.25) is 0 Å². The summed E-state index contributed by atoms with van der Waals surface area (Å²) in [6.45, 7) is 11.2. The number of halogens is 1. The van der Waals surface area contributed by atoms with Gasteiger partial charge in [0.1, 0.15) is 0 Å². The summed E-state index contributed by atoms with van der Waals surface area (Å²) in [5.41, 5.74) is 5.88. The molecule has 0 bridgehead atoms. The quantitative estimate of drug-likeness (QED) is 0.411. The van der Waals surface area contributed by atoms with Crippen molar-refractivity contribution in [2.45, 2.75) is 33.6 Å². The Labute approximate surface area is 124 Å². The number of nitrogens with zero attached hydrogens (tertiary/aromatic N) is 3. The van der Waals surface area contributed by atoms with Crippen LogP contribution in [0.3, 0.4) is 0 Å². The van der Waals surface area contributed by atoms with E-state index >= 15 is 0 Å². The molecule has 0 aliphatic carbocycles. The van der Waals surface area contributed by atoms with E-state index in [0.29, 0.717) is 5.96 Å². The number of guanidine groups is 1. The van der Waals surface area contributed by atoms with Gasteiger partial charge in [-0.1, -0.05) is 13.3 Å². The molecule has 0 saturated heterocycles. The fraction of sp³-hybridized carbons (Fsp3) is 0.917. The zero-order valence-electron chi connectivity index (χ0n) is 11.8. The van der Waals surface area contributed by atoms with Gasteiger partial charge in [-0.05, 0) is 33.9 Å². The van der Waals surface area contributed by atoms with Gasteiger partial charge in [-0.3, -0.25) is 4.99 Å². The molecule has 5 heteroatoms. The monoisotopic (exact) mass is 356 g/mol. The van der Waals surface area contributed by atoms with Gasteiger partial charge < -0.3 is 15.5 Å². The predicted octanol–water partition coefficient (Wildman–Crippen LogP) is 1.99. The molecule has 0 amide bonds. The lowest BCUT2D eigenvalue weighted by Crippen LogP contribution is -2.37. The van der Waals surface area contributed by atoms with Gasteiger partial charge in [-0.25, -0.2) is 0 Å². The van der Waals surface area contributed by atoms with Crippen molar-refractivity contribution in [3.8, 4) is 0 Å². The lowest BCUT2D eigenvalue weighted by Gasteiger charge is -2.20. The van der Waals surface area contributed by atoms with Gasteiger partial charge in [-0.2, -0.15) is 0 Å². The normalized spacial score (nSPS) is 11.5. The summed E-state index contributed by atoms with van der Waals surface area (Å²) in [5, 5.41) is 0. The Morgan fingerprint density at radius 1 is 1.12 bits per heavy atom. The zero-order valence-corrected chi connectivity index (χ0v) is 14.1. The minimum atomic E-state index is 0. The molecule has 0 radical (unpaired) electrons. The number of aliphatic imine (C=N–C) groups is 1. The molecular formula is C12H29IN4. The van der Waals surface area contributed by atoms with Crippen molar-refractivity contribution in [2.75, 3.05) is 39.8 Å². The van der Waals surface area contributed by atoms with Gasteiger partial charge in [0.25, 0.3) is 0 Å². The molecule has 0 spiro atoms. The van der Waals surface area contributed by atoms with Gasteiger partial charge in [0.15, 0.2) is 5.96 Å². The second-order valence-electron chi connectivity index (χ2n) is 4.07. The van der Waals surface area contributed by atoms with E-state index in [1.54, 1.807) is 0 Å². The van der Waals surface area contributed by atoms with Crippen molar-refractivity contribution in [3.05, 3.63) is 0 Å². The van der Waals surface area contributed by atoms with Gasteiger partial charge in [0, 0.05) is 19.6 Å². The van der Waals surface area contributed by atoms with Crippen molar-refractivity contribution in [1.82, 2.24) is 9.80 Å². The smallest absolute Gasteiger partial charge is 0.191 e. The van der Waals surface area contributed by atoms with Crippen molar-refractivity contribution in [3.63, 3.8) is 0 Å². The molecule has 0 unspecified atom stereocenters. The fourth-order valence-corrected chi connectivity index (χ4v) is 1.52. The van der Waals surface area contributed by atoms with Gasteiger partial charge >= 0.3 is 0 Å². The van der Waals surface area contributed by atoms with E-state index in [0.717, 1.165) is 32.7 Å². The van der Waals surface area contributed by atoms with Crippen molar-refractivity contribution in [1.29, 1.82) is 0 Å². The van der Waals surface area contributed by atoms with Crippen LogP contribution in [0, 0.1) is 0 Å². The maximum Gasteiger partial charge on any atom is 0.191 e. The third kappa shape index (κ3) is 9.64. The summed E-state index contributed by atoms with van der Waals surface area (Å²) in [6, 6.07) is 0. The average Bonchev–Trinajstić information content (AvgIpc) is 2.28. The van der Waals surface area contributed by atoms with E-state index in [-0.39, 0.29) is 24.0 Å². The van der Waals surface area contributed by atoms with E-state index in [2.05, 4.69) is 42.6 Å². The van der Waals surface area contributed by atoms with E-state index in [4.69, 9.17) is 5.73 Å². The van der Waals surface area contributed by atoms with Crippen LogP contribution in [0.5, 0.6) is 0 Å². The molecule has 4 nitrogen and oxygen atoms in total. The number of likely N-dealkylation sites (N-methyl/N-ethyl adjacent to an activating group) is 1. The molecule has 0 saturated carbocycles. The first-order valence-corrected chi connectivity index (χ1v) is 6.39. The molecule has 0 atom stereocenters. The van der Waals surface area contributed by atoms with Crippen molar-refractivity contribution >= 4 is 29.9 Å². The summed E-state index contributed by atoms with van der Waals surface area (Å²) in [5.74, 6) is 0.675. The highest BCUT2D eigenvalue weighted by Gasteiger charge is 2.01. The Kier molecular flexibility index (Phi) is 14.1. The number of hydrogen-bond acceptors (Lipinski definition) is 2. The third-order valence-electron chi connectivity index (χ3n) is 2.74. The second-order valence-corrected chi connectivity index (χ2v) is 4.07. The summed E-state index contributed by atoms with van der Waals surface area (Å²) in [4.78, 5) is 8.78. The maximum absolute atomic E-state index is 5.88. The lowest BCUT2D eigenvalue weighted by molar-refractivity contribution is 0.336. The van der Waals surface area contributed by atoms with Crippen molar-refractivity contribution < 1.29 is 0 Å². The summed E-state index contributed by atoms with van der Waals surface area (Å²) in [6.07, 6.45) is 2.50. The largest absolute Gasteiger partial charge is 0.370 e. The van der Waals surface area contributed by atoms with Crippen LogP contribution in [0.1, 0.15) is 33.6 Å². The van der Waals surface area contributed by atoms with Gasteiger partial charge in [0.2, 0.25) is 0 Å². The lowest BCUT2D eigenvalue weighted by atomic mass is 10.3. The highest BCUT2D eigenvalue weighted by molar-refractivity contribution is 14.0. The zero-order chi connectivity index (χ0) is 12.4. The van der Waals surface area contributed by atoms with Crippen LogP contribution in [0.4, 0.5) is 0 Å². The molecule has 2 N–H and O–H groups in total. The number of unbranched alkanes of at least 4 members (excludes halogenated alkanes) is 1. The molecule has 104 valence electrons. The number of hydrogen-bond donors (Lipinski definition) is 1. The molecule has 0 aromatic rings. The standard InChI is InChI=1S/C12H28N4.HI/c1-5-8-10-15(4)11-9-14-12(13)16(6-2)7-3;/h5-11H2,1-4H3,(H2,13,14);1H. The SMILES string of the molecule is CCCCN(C)CCN=C(N)N(CC)CC.I. The Bertz CT molecular complexity index is 193.